The molecule has 1 saturated heterocycles. The number of fused-ring (bicyclic) bond motifs is 1. The molecule has 0 radical (unpaired) electrons. The third kappa shape index (κ3) is 5.08. The maximum Gasteiger partial charge on any atom is 0.246 e. The van der Waals surface area contributed by atoms with Crippen LogP contribution in [-0.4, -0.2) is 54.2 Å². The Morgan fingerprint density at radius 3 is 2.53 bits per heavy atom. The van der Waals surface area contributed by atoms with Crippen LogP contribution in [0.2, 0.25) is 0 Å². The van der Waals surface area contributed by atoms with E-state index in [-0.39, 0.29) is 17.8 Å². The Hall–Kier alpha value is -4.66. The first-order chi connectivity index (χ1) is 18.5. The average molecular weight is 515 g/mol. The summed E-state index contributed by atoms with van der Waals surface area (Å²) in [6.07, 6.45) is 3.30. The Morgan fingerprint density at radius 1 is 1.03 bits per heavy atom. The van der Waals surface area contributed by atoms with E-state index >= 15 is 0 Å². The van der Waals surface area contributed by atoms with Crippen molar-refractivity contribution in [1.29, 1.82) is 0 Å². The van der Waals surface area contributed by atoms with E-state index in [9.17, 15) is 9.18 Å². The zero-order chi connectivity index (χ0) is 26.6. The van der Waals surface area contributed by atoms with Crippen molar-refractivity contribution in [3.8, 4) is 28.4 Å². The maximum absolute atomic E-state index is 13.4. The van der Waals surface area contributed by atoms with Crippen LogP contribution in [0, 0.1) is 5.82 Å². The van der Waals surface area contributed by atoms with Gasteiger partial charge in [0, 0.05) is 24.4 Å². The van der Waals surface area contributed by atoms with Crippen LogP contribution in [-0.2, 0) is 4.79 Å². The highest BCUT2D eigenvalue weighted by Crippen LogP contribution is 2.38. The van der Waals surface area contributed by atoms with Crippen LogP contribution in [0.1, 0.15) is 6.42 Å². The normalized spacial score (nSPS) is 14.8. The number of hydrogen-bond acceptors (Lipinski definition) is 7. The summed E-state index contributed by atoms with van der Waals surface area (Å²) in [5.41, 5.74) is 3.10. The van der Waals surface area contributed by atoms with Crippen molar-refractivity contribution in [2.45, 2.75) is 12.5 Å². The smallest absolute Gasteiger partial charge is 0.246 e. The van der Waals surface area contributed by atoms with Gasteiger partial charge in [0.25, 0.3) is 0 Å². The van der Waals surface area contributed by atoms with Crippen molar-refractivity contribution >= 4 is 28.3 Å². The molecule has 3 aromatic carbocycles. The van der Waals surface area contributed by atoms with E-state index in [2.05, 4.69) is 21.9 Å². The summed E-state index contributed by atoms with van der Waals surface area (Å²) in [5, 5.41) is 4.08. The van der Waals surface area contributed by atoms with Crippen molar-refractivity contribution in [1.82, 2.24) is 14.9 Å². The lowest BCUT2D eigenvalue weighted by molar-refractivity contribution is -0.125. The second-order valence-corrected chi connectivity index (χ2v) is 8.81. The maximum atomic E-state index is 13.4. The molecule has 5 rings (SSSR count). The number of nitrogens with one attached hydrogen (secondary N) is 1. The molecular formula is C29H27FN4O4. The standard InChI is InChI=1S/C29H27FN4O4/c1-4-28(35)34-12-11-21(16-34)38-27-14-22-23(15-26(27)37-3)31-17-32-29(22)33-24-13-19(7-10-25(24)36-2)18-5-8-20(30)9-6-18/h4-10,13-15,17,21H,1,11-12,16H2,2-3H3,(H,31,32,33). The number of aromatic nitrogens is 2. The lowest BCUT2D eigenvalue weighted by Crippen LogP contribution is -2.29. The number of ether oxygens (including phenoxy) is 3. The van der Waals surface area contributed by atoms with Crippen molar-refractivity contribution in [2.24, 2.45) is 0 Å². The van der Waals surface area contributed by atoms with E-state index < -0.39 is 0 Å². The monoisotopic (exact) mass is 514 g/mol. The predicted molar refractivity (Wildman–Crippen MR) is 144 cm³/mol. The molecule has 8 nitrogen and oxygen atoms in total. The van der Waals surface area contributed by atoms with Crippen molar-refractivity contribution in [3.05, 3.63) is 79.4 Å². The first-order valence-electron chi connectivity index (χ1n) is 12.1. The molecule has 1 N–H and O–H groups in total. The van der Waals surface area contributed by atoms with Crippen molar-refractivity contribution in [3.63, 3.8) is 0 Å². The number of likely N-dealkylation sites (tertiary alicyclic amines) is 1. The van der Waals surface area contributed by atoms with Gasteiger partial charge >= 0.3 is 0 Å². The zero-order valence-corrected chi connectivity index (χ0v) is 21.1. The Labute approximate surface area is 219 Å². The average Bonchev–Trinajstić information content (AvgIpc) is 3.41. The minimum atomic E-state index is -0.292. The molecule has 1 fully saturated rings. The molecule has 1 atom stereocenters. The van der Waals surface area contributed by atoms with E-state index in [0.717, 1.165) is 16.5 Å². The number of carbonyl (C=O) groups excluding carboxylic acids is 1. The molecule has 2 heterocycles. The molecule has 0 saturated carbocycles. The van der Waals surface area contributed by atoms with Crippen LogP contribution in [0.15, 0.2) is 73.6 Å². The molecule has 1 aromatic heterocycles. The Bertz CT molecular complexity index is 1490. The molecule has 194 valence electrons. The van der Waals surface area contributed by atoms with Crippen LogP contribution in [0.25, 0.3) is 22.0 Å². The summed E-state index contributed by atoms with van der Waals surface area (Å²) in [5.74, 6) is 1.82. The lowest BCUT2D eigenvalue weighted by atomic mass is 10.0. The van der Waals surface area contributed by atoms with Crippen molar-refractivity contribution in [2.75, 3.05) is 32.6 Å². The van der Waals surface area contributed by atoms with E-state index in [1.807, 2.05) is 24.3 Å². The number of amides is 1. The molecule has 1 aliphatic rings. The van der Waals surface area contributed by atoms with Crippen LogP contribution in [0.4, 0.5) is 15.9 Å². The van der Waals surface area contributed by atoms with Gasteiger partial charge < -0.3 is 24.4 Å². The number of anilines is 2. The highest BCUT2D eigenvalue weighted by Gasteiger charge is 2.27. The fraction of sp³-hybridized carbons (Fsp3) is 0.207. The minimum absolute atomic E-state index is 0.113. The van der Waals surface area contributed by atoms with Crippen LogP contribution < -0.4 is 19.5 Å². The van der Waals surface area contributed by atoms with E-state index in [1.165, 1.54) is 24.5 Å². The topological polar surface area (TPSA) is 85.8 Å². The summed E-state index contributed by atoms with van der Waals surface area (Å²) in [7, 11) is 3.16. The Balaban J connectivity index is 1.48. The van der Waals surface area contributed by atoms with Gasteiger partial charge in [-0.25, -0.2) is 14.4 Å². The molecule has 1 amide bonds. The number of benzene rings is 3. The van der Waals surface area contributed by atoms with Gasteiger partial charge in [-0.05, 0) is 47.5 Å². The molecule has 9 heteroatoms. The van der Waals surface area contributed by atoms with Gasteiger partial charge in [-0.15, -0.1) is 0 Å². The summed E-state index contributed by atoms with van der Waals surface area (Å²) < 4.78 is 30.9. The fourth-order valence-corrected chi connectivity index (χ4v) is 4.50. The first kappa shape index (κ1) is 25.0. The fourth-order valence-electron chi connectivity index (χ4n) is 4.50. The number of halogens is 1. The van der Waals surface area contributed by atoms with E-state index in [4.69, 9.17) is 14.2 Å². The number of nitrogens with zero attached hydrogens (tertiary/aromatic N) is 3. The molecule has 38 heavy (non-hydrogen) atoms. The SMILES string of the molecule is C=CC(=O)N1CCC(Oc2cc3c(Nc4cc(-c5ccc(F)cc5)ccc4OC)ncnc3cc2OC)C1. The van der Waals surface area contributed by atoms with Gasteiger partial charge in [-0.3, -0.25) is 4.79 Å². The number of hydrogen-bond donors (Lipinski definition) is 1. The molecule has 1 aliphatic heterocycles. The van der Waals surface area contributed by atoms with Gasteiger partial charge in [0.1, 0.15) is 29.8 Å². The van der Waals surface area contributed by atoms with Gasteiger partial charge in [0.15, 0.2) is 11.5 Å². The molecule has 4 aromatic rings. The Morgan fingerprint density at radius 2 is 1.79 bits per heavy atom. The summed E-state index contributed by atoms with van der Waals surface area (Å²) in [4.78, 5) is 22.6. The first-order valence-corrected chi connectivity index (χ1v) is 12.1. The molecule has 1 unspecified atom stereocenters. The molecule has 0 aliphatic carbocycles. The zero-order valence-electron chi connectivity index (χ0n) is 21.1. The Kier molecular flexibility index (Phi) is 7.08. The second kappa shape index (κ2) is 10.8. The molecule has 0 spiro atoms. The largest absolute Gasteiger partial charge is 0.495 e. The highest BCUT2D eigenvalue weighted by atomic mass is 19.1. The third-order valence-electron chi connectivity index (χ3n) is 6.48. The minimum Gasteiger partial charge on any atom is -0.495 e. The second-order valence-electron chi connectivity index (χ2n) is 8.81. The van der Waals surface area contributed by atoms with Crippen LogP contribution >= 0.6 is 0 Å². The predicted octanol–water partition coefficient (Wildman–Crippen LogP) is 5.36. The summed E-state index contributed by atoms with van der Waals surface area (Å²) >= 11 is 0. The summed E-state index contributed by atoms with van der Waals surface area (Å²) in [6.45, 7) is 4.63. The number of methoxy groups -OCH3 is 2. The van der Waals surface area contributed by atoms with E-state index in [0.29, 0.717) is 53.8 Å². The number of carbonyl (C=O) groups is 1. The van der Waals surface area contributed by atoms with Crippen LogP contribution in [0.5, 0.6) is 17.2 Å². The summed E-state index contributed by atoms with van der Waals surface area (Å²) in [6, 6.07) is 15.6. The third-order valence-corrected chi connectivity index (χ3v) is 6.48. The van der Waals surface area contributed by atoms with Crippen LogP contribution in [0.3, 0.4) is 0 Å². The van der Waals surface area contributed by atoms with Gasteiger partial charge in [-0.2, -0.15) is 0 Å². The molecule has 0 bridgehead atoms. The molecular weight excluding hydrogens is 487 g/mol. The highest BCUT2D eigenvalue weighted by molar-refractivity contribution is 5.94. The number of rotatable bonds is 8. The lowest BCUT2D eigenvalue weighted by Gasteiger charge is -2.19. The van der Waals surface area contributed by atoms with Crippen molar-refractivity contribution < 1.29 is 23.4 Å². The van der Waals surface area contributed by atoms with Gasteiger partial charge in [-0.1, -0.05) is 24.8 Å². The quantitative estimate of drug-likeness (QED) is 0.317. The van der Waals surface area contributed by atoms with Gasteiger partial charge in [0.2, 0.25) is 5.91 Å². The van der Waals surface area contributed by atoms with E-state index in [1.54, 1.807) is 37.3 Å². The van der Waals surface area contributed by atoms with Gasteiger partial charge in [0.05, 0.1) is 32.0 Å².